The van der Waals surface area contributed by atoms with E-state index < -0.39 is 6.04 Å². The molecule has 0 heterocycles. The molecule has 0 fully saturated rings. The van der Waals surface area contributed by atoms with Crippen molar-refractivity contribution in [3.05, 3.63) is 35.4 Å². The summed E-state index contributed by atoms with van der Waals surface area (Å²) in [4.78, 5) is 23.1. The Labute approximate surface area is 131 Å². The quantitative estimate of drug-likeness (QED) is 0.755. The molecule has 1 aromatic rings. The van der Waals surface area contributed by atoms with Crippen LogP contribution in [0.3, 0.4) is 0 Å². The molecule has 5 nitrogen and oxygen atoms in total. The number of nitrogens with one attached hydrogen (secondary N) is 1. The smallest absolute Gasteiger partial charge is 0.338 e. The number of hydrogen-bond donors (Lipinski definition) is 2. The van der Waals surface area contributed by atoms with Gasteiger partial charge in [-0.3, -0.25) is 4.79 Å². The lowest BCUT2D eigenvalue weighted by Gasteiger charge is -2.11. The Morgan fingerprint density at radius 2 is 1.86 bits per heavy atom. The van der Waals surface area contributed by atoms with E-state index in [1.807, 2.05) is 6.92 Å². The first kappa shape index (κ1) is 19.4. The average molecular weight is 315 g/mol. The predicted octanol–water partition coefficient (Wildman–Crippen LogP) is 2.03. The topological polar surface area (TPSA) is 81.4 Å². The highest BCUT2D eigenvalue weighted by molar-refractivity contribution is 5.89. The van der Waals surface area contributed by atoms with E-state index in [0.717, 1.165) is 12.0 Å². The van der Waals surface area contributed by atoms with E-state index in [1.165, 1.54) is 0 Å². The van der Waals surface area contributed by atoms with Crippen molar-refractivity contribution in [2.75, 3.05) is 6.61 Å². The van der Waals surface area contributed by atoms with E-state index in [-0.39, 0.29) is 24.3 Å². The lowest BCUT2D eigenvalue weighted by Crippen LogP contribution is -2.40. The third kappa shape index (κ3) is 6.60. The molecular weight excluding hydrogens is 292 g/mol. The molecule has 1 rings (SSSR count). The zero-order valence-corrected chi connectivity index (χ0v) is 13.2. The highest BCUT2D eigenvalue weighted by Gasteiger charge is 2.11. The van der Waals surface area contributed by atoms with Gasteiger partial charge in [-0.15, -0.1) is 12.4 Å². The maximum absolute atomic E-state index is 11.7. The van der Waals surface area contributed by atoms with Crippen molar-refractivity contribution in [1.29, 1.82) is 0 Å². The van der Waals surface area contributed by atoms with Crippen LogP contribution in [0.2, 0.25) is 0 Å². The van der Waals surface area contributed by atoms with Crippen molar-refractivity contribution in [3.8, 4) is 0 Å². The van der Waals surface area contributed by atoms with Crippen LogP contribution in [0.5, 0.6) is 0 Å². The van der Waals surface area contributed by atoms with Gasteiger partial charge in [0.2, 0.25) is 5.91 Å². The van der Waals surface area contributed by atoms with Crippen molar-refractivity contribution >= 4 is 24.3 Å². The van der Waals surface area contributed by atoms with Crippen LogP contribution in [-0.4, -0.2) is 24.5 Å². The minimum absolute atomic E-state index is 0. The van der Waals surface area contributed by atoms with Gasteiger partial charge in [-0.1, -0.05) is 25.5 Å². The number of nitrogens with two attached hydrogens (primary N) is 1. The van der Waals surface area contributed by atoms with Crippen LogP contribution in [0.4, 0.5) is 0 Å². The van der Waals surface area contributed by atoms with E-state index in [1.54, 1.807) is 31.2 Å². The Bertz CT molecular complexity index is 449. The van der Waals surface area contributed by atoms with Crippen molar-refractivity contribution in [3.63, 3.8) is 0 Å². The van der Waals surface area contributed by atoms with Gasteiger partial charge >= 0.3 is 5.97 Å². The zero-order chi connectivity index (χ0) is 15.0. The third-order valence-electron chi connectivity index (χ3n) is 2.87. The van der Waals surface area contributed by atoms with Gasteiger partial charge in [0.05, 0.1) is 18.2 Å². The van der Waals surface area contributed by atoms with Gasteiger partial charge in [-0.2, -0.15) is 0 Å². The molecule has 0 spiro atoms. The summed E-state index contributed by atoms with van der Waals surface area (Å²) in [7, 11) is 0. The van der Waals surface area contributed by atoms with E-state index >= 15 is 0 Å². The fraction of sp³-hybridized carbons (Fsp3) is 0.467. The number of ether oxygens (including phenoxy) is 1. The van der Waals surface area contributed by atoms with Crippen LogP contribution < -0.4 is 11.1 Å². The van der Waals surface area contributed by atoms with Gasteiger partial charge in [0.1, 0.15) is 0 Å². The number of halogens is 1. The van der Waals surface area contributed by atoms with Gasteiger partial charge in [0, 0.05) is 6.54 Å². The second-order valence-electron chi connectivity index (χ2n) is 4.53. The molecule has 0 saturated heterocycles. The Morgan fingerprint density at radius 1 is 1.24 bits per heavy atom. The average Bonchev–Trinajstić information content (AvgIpc) is 2.45. The standard InChI is InChI=1S/C15H22N2O3.ClH/c1-3-5-13(16)14(18)17-10-11-6-8-12(9-7-11)15(19)20-4-2;/h6-9,13H,3-5,10,16H2,1-2H3,(H,17,18);1H. The molecule has 118 valence electrons. The summed E-state index contributed by atoms with van der Waals surface area (Å²) in [6.07, 6.45) is 1.55. The van der Waals surface area contributed by atoms with Gasteiger partial charge in [0.25, 0.3) is 0 Å². The summed E-state index contributed by atoms with van der Waals surface area (Å²) in [6, 6.07) is 6.49. The molecule has 1 aromatic carbocycles. The summed E-state index contributed by atoms with van der Waals surface area (Å²) in [5.74, 6) is -0.491. The van der Waals surface area contributed by atoms with Crippen LogP contribution in [0.25, 0.3) is 0 Å². The first-order valence-electron chi connectivity index (χ1n) is 6.87. The first-order chi connectivity index (χ1) is 9.58. The van der Waals surface area contributed by atoms with Gasteiger partial charge in [0.15, 0.2) is 0 Å². The fourth-order valence-corrected chi connectivity index (χ4v) is 1.74. The summed E-state index contributed by atoms with van der Waals surface area (Å²) < 4.78 is 4.90. The van der Waals surface area contributed by atoms with Crippen molar-refractivity contribution in [1.82, 2.24) is 5.32 Å². The van der Waals surface area contributed by atoms with Crippen LogP contribution in [-0.2, 0) is 16.1 Å². The van der Waals surface area contributed by atoms with Crippen molar-refractivity contribution < 1.29 is 14.3 Å². The minimum Gasteiger partial charge on any atom is -0.462 e. The number of carbonyl (C=O) groups excluding carboxylic acids is 2. The van der Waals surface area contributed by atoms with E-state index in [0.29, 0.717) is 25.1 Å². The lowest BCUT2D eigenvalue weighted by molar-refractivity contribution is -0.122. The second kappa shape index (κ2) is 10.2. The molecule has 0 bridgehead atoms. The Morgan fingerprint density at radius 3 is 2.38 bits per heavy atom. The second-order valence-corrected chi connectivity index (χ2v) is 4.53. The summed E-state index contributed by atoms with van der Waals surface area (Å²) in [6.45, 7) is 4.51. The first-order valence-corrected chi connectivity index (χ1v) is 6.87. The van der Waals surface area contributed by atoms with Crippen LogP contribution in [0.1, 0.15) is 42.6 Å². The molecule has 0 aromatic heterocycles. The van der Waals surface area contributed by atoms with Crippen molar-refractivity contribution in [2.24, 2.45) is 5.73 Å². The molecule has 1 atom stereocenters. The molecule has 1 amide bonds. The number of carbonyl (C=O) groups is 2. The summed E-state index contributed by atoms with van der Waals surface area (Å²) in [5.41, 5.74) is 7.13. The molecule has 0 aliphatic heterocycles. The minimum atomic E-state index is -0.459. The van der Waals surface area contributed by atoms with E-state index in [4.69, 9.17) is 10.5 Å². The maximum Gasteiger partial charge on any atom is 0.338 e. The lowest BCUT2D eigenvalue weighted by atomic mass is 10.1. The third-order valence-corrected chi connectivity index (χ3v) is 2.87. The highest BCUT2D eigenvalue weighted by atomic mass is 35.5. The van der Waals surface area contributed by atoms with Gasteiger partial charge in [-0.25, -0.2) is 4.79 Å². The molecule has 0 aliphatic rings. The molecule has 0 radical (unpaired) electrons. The monoisotopic (exact) mass is 314 g/mol. The van der Waals surface area contributed by atoms with Crippen LogP contribution in [0, 0.1) is 0 Å². The van der Waals surface area contributed by atoms with Gasteiger partial charge in [-0.05, 0) is 31.0 Å². The zero-order valence-electron chi connectivity index (χ0n) is 12.4. The highest BCUT2D eigenvalue weighted by Crippen LogP contribution is 2.06. The number of benzene rings is 1. The van der Waals surface area contributed by atoms with E-state index in [2.05, 4.69) is 5.32 Å². The molecule has 21 heavy (non-hydrogen) atoms. The number of hydrogen-bond acceptors (Lipinski definition) is 4. The van der Waals surface area contributed by atoms with E-state index in [9.17, 15) is 9.59 Å². The molecule has 6 heteroatoms. The molecular formula is C15H23ClN2O3. The maximum atomic E-state index is 11.7. The summed E-state index contributed by atoms with van der Waals surface area (Å²) >= 11 is 0. The number of esters is 1. The summed E-state index contributed by atoms with van der Waals surface area (Å²) in [5, 5.41) is 2.78. The van der Waals surface area contributed by atoms with Crippen LogP contribution in [0.15, 0.2) is 24.3 Å². The normalized spacial score (nSPS) is 11.2. The molecule has 0 saturated carbocycles. The fourth-order valence-electron chi connectivity index (χ4n) is 1.74. The largest absolute Gasteiger partial charge is 0.462 e. The SMILES string of the molecule is CCCC(N)C(=O)NCc1ccc(C(=O)OCC)cc1.Cl. The molecule has 1 unspecified atom stereocenters. The van der Waals surface area contributed by atoms with Crippen LogP contribution >= 0.6 is 12.4 Å². The molecule has 0 aliphatic carbocycles. The number of rotatable bonds is 7. The van der Waals surface area contributed by atoms with Crippen molar-refractivity contribution in [2.45, 2.75) is 39.3 Å². The predicted molar refractivity (Wildman–Crippen MR) is 84.4 cm³/mol. The number of amides is 1. The Hall–Kier alpha value is -1.59. The molecule has 3 N–H and O–H groups in total. The Kier molecular flexibility index (Phi) is 9.41. The Balaban J connectivity index is 0.00000400. The van der Waals surface area contributed by atoms with Gasteiger partial charge < -0.3 is 15.8 Å².